The van der Waals surface area contributed by atoms with Gasteiger partial charge in [-0.3, -0.25) is 14.6 Å². The number of para-hydroxylation sites is 1. The average molecular weight is 232 g/mol. The molecule has 0 saturated heterocycles. The van der Waals surface area contributed by atoms with E-state index in [-0.39, 0.29) is 0 Å². The Hall–Kier alpha value is -2.70. The Morgan fingerprint density at radius 2 is 1.88 bits per heavy atom. The van der Waals surface area contributed by atoms with Crippen LogP contribution in [0.5, 0.6) is 0 Å². The first-order chi connectivity index (χ1) is 8.16. The van der Waals surface area contributed by atoms with Crippen molar-refractivity contribution in [3.05, 3.63) is 56.9 Å². The molecule has 17 heavy (non-hydrogen) atoms. The molecular weight excluding hydrogens is 224 g/mol. The van der Waals surface area contributed by atoms with Crippen LogP contribution >= 0.6 is 0 Å². The highest BCUT2D eigenvalue weighted by atomic mass is 16.2. The van der Waals surface area contributed by atoms with Gasteiger partial charge in [-0.1, -0.05) is 18.2 Å². The van der Waals surface area contributed by atoms with Gasteiger partial charge in [0.15, 0.2) is 0 Å². The van der Waals surface area contributed by atoms with Gasteiger partial charge < -0.3 is 5.32 Å². The number of carbonyl (C=O) groups excluding carboxylic acids is 1. The Bertz CT molecular complexity index is 644. The molecule has 0 radical (unpaired) electrons. The van der Waals surface area contributed by atoms with E-state index in [1.807, 2.05) is 10.1 Å². The molecule has 7 nitrogen and oxygen atoms in total. The summed E-state index contributed by atoms with van der Waals surface area (Å²) >= 11 is 0. The molecule has 2 rings (SSSR count). The number of aromatic nitrogens is 3. The normalized spacial score (nSPS) is 9.88. The molecule has 0 unspecified atom stereocenters. The van der Waals surface area contributed by atoms with Crippen molar-refractivity contribution in [2.75, 3.05) is 5.32 Å². The van der Waals surface area contributed by atoms with E-state index < -0.39 is 22.9 Å². The lowest BCUT2D eigenvalue weighted by Crippen LogP contribution is -2.32. The largest absolute Gasteiger partial charge is 0.342 e. The molecule has 0 fully saturated rings. The van der Waals surface area contributed by atoms with Crippen molar-refractivity contribution in [3.63, 3.8) is 0 Å². The van der Waals surface area contributed by atoms with Gasteiger partial charge in [-0.05, 0) is 12.1 Å². The molecule has 3 N–H and O–H groups in total. The van der Waals surface area contributed by atoms with Crippen molar-refractivity contribution < 1.29 is 4.79 Å². The number of nitrogens with zero attached hydrogens (tertiary/aromatic N) is 1. The Morgan fingerprint density at radius 1 is 1.18 bits per heavy atom. The van der Waals surface area contributed by atoms with E-state index in [0.717, 1.165) is 0 Å². The van der Waals surface area contributed by atoms with E-state index in [9.17, 15) is 14.4 Å². The van der Waals surface area contributed by atoms with Crippen molar-refractivity contribution in [3.8, 4) is 0 Å². The zero-order valence-corrected chi connectivity index (χ0v) is 8.56. The first kappa shape index (κ1) is 10.8. The third kappa shape index (κ3) is 2.46. The van der Waals surface area contributed by atoms with Crippen molar-refractivity contribution in [2.24, 2.45) is 0 Å². The molecule has 1 aromatic carbocycles. The van der Waals surface area contributed by atoms with Crippen LogP contribution in [0.4, 0.5) is 5.69 Å². The summed E-state index contributed by atoms with van der Waals surface area (Å²) in [6, 6.07) is 8.59. The fourth-order valence-electron chi connectivity index (χ4n) is 1.21. The highest BCUT2D eigenvalue weighted by Crippen LogP contribution is 2.05. The Morgan fingerprint density at radius 3 is 2.53 bits per heavy atom. The van der Waals surface area contributed by atoms with E-state index >= 15 is 0 Å². The van der Waals surface area contributed by atoms with Crippen molar-refractivity contribution in [2.45, 2.75) is 0 Å². The number of rotatable bonds is 2. The molecule has 86 valence electrons. The first-order valence-corrected chi connectivity index (χ1v) is 4.72. The maximum atomic E-state index is 11.6. The molecule has 0 aliphatic carbocycles. The molecule has 7 heteroatoms. The summed E-state index contributed by atoms with van der Waals surface area (Å²) in [5.74, 6) is -0.686. The Labute approximate surface area is 94.5 Å². The van der Waals surface area contributed by atoms with Crippen LogP contribution < -0.4 is 16.6 Å². The number of carbonyl (C=O) groups is 1. The fourth-order valence-corrected chi connectivity index (χ4v) is 1.21. The van der Waals surface area contributed by atoms with Crippen LogP contribution in [0.25, 0.3) is 0 Å². The van der Waals surface area contributed by atoms with Gasteiger partial charge in [-0.25, -0.2) is 9.89 Å². The minimum Gasteiger partial charge on any atom is -0.320 e. The van der Waals surface area contributed by atoms with Crippen molar-refractivity contribution in [1.29, 1.82) is 0 Å². The number of anilines is 1. The van der Waals surface area contributed by atoms with Gasteiger partial charge in [0.25, 0.3) is 11.5 Å². The molecular formula is C10H8N4O3. The molecule has 2 aromatic rings. The topological polar surface area (TPSA) is 108 Å². The summed E-state index contributed by atoms with van der Waals surface area (Å²) in [5.41, 5.74) is -1.45. The lowest BCUT2D eigenvalue weighted by molar-refractivity contribution is 0.101. The van der Waals surface area contributed by atoms with E-state index in [1.54, 1.807) is 30.3 Å². The number of benzene rings is 1. The quantitative estimate of drug-likeness (QED) is 0.661. The third-order valence-corrected chi connectivity index (χ3v) is 1.96. The average Bonchev–Trinajstić information content (AvgIpc) is 2.30. The Kier molecular flexibility index (Phi) is 2.82. The molecule has 0 atom stereocenters. The smallest absolute Gasteiger partial charge is 0.320 e. The second-order valence-corrected chi connectivity index (χ2v) is 3.18. The standard InChI is InChI=1S/C10H8N4O3/c15-8(11-6-4-2-1-3-5-6)7-9(16)12-10(17)14-13-7/h1-5H,(H,11,15)(H2,12,14,16,17). The number of H-pyrrole nitrogens is 2. The summed E-state index contributed by atoms with van der Waals surface area (Å²) < 4.78 is 0. The van der Waals surface area contributed by atoms with Gasteiger partial charge in [0.05, 0.1) is 0 Å². The molecule has 0 spiro atoms. The zero-order chi connectivity index (χ0) is 12.3. The molecule has 0 saturated carbocycles. The number of aromatic amines is 2. The Balaban J connectivity index is 2.27. The van der Waals surface area contributed by atoms with E-state index in [1.165, 1.54) is 0 Å². The second-order valence-electron chi connectivity index (χ2n) is 3.18. The summed E-state index contributed by atoms with van der Waals surface area (Å²) in [5, 5.41) is 7.84. The van der Waals surface area contributed by atoms with Gasteiger partial charge in [-0.2, -0.15) is 5.10 Å². The number of hydrogen-bond acceptors (Lipinski definition) is 4. The maximum absolute atomic E-state index is 11.6. The first-order valence-electron chi connectivity index (χ1n) is 4.72. The van der Waals surface area contributed by atoms with E-state index in [2.05, 4.69) is 10.4 Å². The predicted molar refractivity (Wildman–Crippen MR) is 59.9 cm³/mol. The summed E-state index contributed by atoms with van der Waals surface area (Å²) in [6.07, 6.45) is 0. The van der Waals surface area contributed by atoms with E-state index in [0.29, 0.717) is 5.69 Å². The molecule has 0 aliphatic rings. The number of nitrogens with one attached hydrogen (secondary N) is 3. The van der Waals surface area contributed by atoms with Crippen LogP contribution in [0.2, 0.25) is 0 Å². The summed E-state index contributed by atoms with van der Waals surface area (Å²) in [6.45, 7) is 0. The van der Waals surface area contributed by atoms with Crippen LogP contribution in [-0.2, 0) is 0 Å². The second kappa shape index (κ2) is 4.44. The maximum Gasteiger partial charge on any atom is 0.342 e. The number of amides is 1. The number of hydrogen-bond donors (Lipinski definition) is 3. The molecule has 1 heterocycles. The third-order valence-electron chi connectivity index (χ3n) is 1.96. The highest BCUT2D eigenvalue weighted by molar-refractivity contribution is 6.02. The van der Waals surface area contributed by atoms with Gasteiger partial charge in [0.1, 0.15) is 0 Å². The van der Waals surface area contributed by atoms with Gasteiger partial charge in [-0.15, -0.1) is 0 Å². The lowest BCUT2D eigenvalue weighted by Gasteiger charge is -2.02. The van der Waals surface area contributed by atoms with E-state index in [4.69, 9.17) is 0 Å². The molecule has 1 amide bonds. The van der Waals surface area contributed by atoms with Crippen LogP contribution in [0.3, 0.4) is 0 Å². The van der Waals surface area contributed by atoms with Crippen LogP contribution in [0.1, 0.15) is 10.5 Å². The minimum atomic E-state index is -0.831. The fraction of sp³-hybridized carbons (Fsp3) is 0. The highest BCUT2D eigenvalue weighted by Gasteiger charge is 2.12. The lowest BCUT2D eigenvalue weighted by atomic mass is 10.3. The van der Waals surface area contributed by atoms with Gasteiger partial charge in [0, 0.05) is 5.69 Å². The summed E-state index contributed by atoms with van der Waals surface area (Å²) in [7, 11) is 0. The van der Waals surface area contributed by atoms with Gasteiger partial charge >= 0.3 is 5.69 Å². The monoisotopic (exact) mass is 232 g/mol. The predicted octanol–water partition coefficient (Wildman–Crippen LogP) is -0.290. The van der Waals surface area contributed by atoms with Crippen LogP contribution in [-0.4, -0.2) is 21.1 Å². The van der Waals surface area contributed by atoms with Crippen LogP contribution in [0, 0.1) is 0 Å². The van der Waals surface area contributed by atoms with Crippen molar-refractivity contribution >= 4 is 11.6 Å². The van der Waals surface area contributed by atoms with Gasteiger partial charge in [0.2, 0.25) is 5.69 Å². The SMILES string of the molecule is O=C(Nc1ccccc1)c1n[nH]c(=O)[nH]c1=O. The van der Waals surface area contributed by atoms with Crippen molar-refractivity contribution in [1.82, 2.24) is 15.2 Å². The minimum absolute atomic E-state index is 0.395. The zero-order valence-electron chi connectivity index (χ0n) is 8.56. The molecule has 1 aromatic heterocycles. The molecule has 0 bridgehead atoms. The summed E-state index contributed by atoms with van der Waals surface area (Å²) in [4.78, 5) is 35.5. The van der Waals surface area contributed by atoms with Crippen LogP contribution in [0.15, 0.2) is 39.9 Å². The molecule has 0 aliphatic heterocycles.